The molecule has 2 rings (SSSR count). The van der Waals surface area contributed by atoms with Crippen molar-refractivity contribution in [1.82, 2.24) is 0 Å². The maximum Gasteiger partial charge on any atom is 0.326 e. The summed E-state index contributed by atoms with van der Waals surface area (Å²) in [6.45, 7) is 0. The molecule has 0 bridgehead atoms. The average molecular weight is 219 g/mol. The van der Waals surface area contributed by atoms with Gasteiger partial charge in [-0.15, -0.1) is 0 Å². The highest BCUT2D eigenvalue weighted by molar-refractivity contribution is 6.34. The Morgan fingerprint density at radius 2 is 2.06 bits per heavy atom. The van der Waals surface area contributed by atoms with Gasteiger partial charge >= 0.3 is 5.69 Å². The molecule has 1 aromatic carbocycles. The monoisotopic (exact) mass is 219 g/mol. The molecular weight excluding hydrogens is 214 g/mol. The Labute approximate surface area is 88.6 Å². The molecular formula is C10H5NO5. The van der Waals surface area contributed by atoms with E-state index in [4.69, 9.17) is 4.42 Å². The quantitative estimate of drug-likeness (QED) is 0.258. The van der Waals surface area contributed by atoms with E-state index in [9.17, 15) is 19.7 Å². The average Bonchev–Trinajstić information content (AvgIpc) is 2.67. The molecule has 0 saturated heterocycles. The first-order chi connectivity index (χ1) is 7.65. The number of fused-ring (bicyclic) bond motifs is 1. The second-order valence-corrected chi connectivity index (χ2v) is 3.02. The Kier molecular flexibility index (Phi) is 2.24. The molecule has 0 fully saturated rings. The normalized spacial score (nSPS) is 10.2. The molecule has 0 unspecified atom stereocenters. The van der Waals surface area contributed by atoms with Crippen LogP contribution in [0.4, 0.5) is 5.69 Å². The molecule has 6 heteroatoms. The summed E-state index contributed by atoms with van der Waals surface area (Å²) in [5.41, 5.74) is -0.257. The van der Waals surface area contributed by atoms with Crippen molar-refractivity contribution in [2.75, 3.05) is 0 Å². The third-order valence-electron chi connectivity index (χ3n) is 2.08. The minimum absolute atomic E-state index is 0.00921. The first-order valence-electron chi connectivity index (χ1n) is 4.30. The molecule has 0 amide bonds. The van der Waals surface area contributed by atoms with Gasteiger partial charge in [0.1, 0.15) is 5.58 Å². The highest BCUT2D eigenvalue weighted by Gasteiger charge is 2.28. The Morgan fingerprint density at radius 1 is 1.38 bits per heavy atom. The molecule has 0 aliphatic heterocycles. The third kappa shape index (κ3) is 1.36. The van der Waals surface area contributed by atoms with E-state index < -0.39 is 22.2 Å². The smallest absolute Gasteiger partial charge is 0.326 e. The number of benzene rings is 1. The number of aldehydes is 1. The zero-order chi connectivity index (χ0) is 11.7. The number of rotatable bonds is 3. The highest BCUT2D eigenvalue weighted by Crippen LogP contribution is 2.32. The van der Waals surface area contributed by atoms with E-state index in [1.807, 2.05) is 0 Å². The van der Waals surface area contributed by atoms with Crippen LogP contribution in [0, 0.1) is 10.1 Å². The third-order valence-corrected chi connectivity index (χ3v) is 2.08. The molecule has 0 aliphatic carbocycles. The van der Waals surface area contributed by atoms with Crippen LogP contribution in [0.3, 0.4) is 0 Å². The predicted molar refractivity (Wildman–Crippen MR) is 53.3 cm³/mol. The largest absolute Gasteiger partial charge is 0.445 e. The van der Waals surface area contributed by atoms with Gasteiger partial charge in [-0.25, -0.2) is 0 Å². The van der Waals surface area contributed by atoms with Crippen molar-refractivity contribution in [3.05, 3.63) is 40.1 Å². The molecule has 0 aliphatic rings. The first-order valence-corrected chi connectivity index (χ1v) is 4.30. The standard InChI is InChI=1S/C10H5NO5/c12-5-7(13)10-9(11(14)15)6-3-1-2-4-8(6)16-10/h1-5H. The van der Waals surface area contributed by atoms with E-state index in [1.165, 1.54) is 12.1 Å². The van der Waals surface area contributed by atoms with Crippen molar-refractivity contribution in [2.45, 2.75) is 0 Å². The fourth-order valence-corrected chi connectivity index (χ4v) is 1.43. The molecule has 0 atom stereocenters. The van der Waals surface area contributed by atoms with E-state index in [2.05, 4.69) is 0 Å². The van der Waals surface area contributed by atoms with E-state index in [1.54, 1.807) is 12.1 Å². The number of carbonyl (C=O) groups is 2. The van der Waals surface area contributed by atoms with Crippen molar-refractivity contribution in [1.29, 1.82) is 0 Å². The van der Waals surface area contributed by atoms with Crippen LogP contribution >= 0.6 is 0 Å². The first kappa shape index (κ1) is 10.0. The van der Waals surface area contributed by atoms with Crippen LogP contribution in [0.5, 0.6) is 0 Å². The molecule has 0 N–H and O–H groups in total. The summed E-state index contributed by atoms with van der Waals surface area (Å²) in [5, 5.41) is 11.0. The number of Topliss-reactive ketones (excluding diaryl/α,β-unsaturated/α-hetero) is 1. The summed E-state index contributed by atoms with van der Waals surface area (Å²) < 4.78 is 4.99. The van der Waals surface area contributed by atoms with Gasteiger partial charge in [0.2, 0.25) is 0 Å². The summed E-state index contributed by atoms with van der Waals surface area (Å²) in [4.78, 5) is 31.5. The van der Waals surface area contributed by atoms with Gasteiger partial charge in [0.25, 0.3) is 11.5 Å². The summed E-state index contributed by atoms with van der Waals surface area (Å²) >= 11 is 0. The summed E-state index contributed by atoms with van der Waals surface area (Å²) in [5.74, 6) is -1.57. The van der Waals surface area contributed by atoms with E-state index >= 15 is 0 Å². The lowest BCUT2D eigenvalue weighted by Gasteiger charge is -1.88. The zero-order valence-electron chi connectivity index (χ0n) is 7.88. The van der Waals surface area contributed by atoms with Crippen LogP contribution in [0.1, 0.15) is 10.6 Å². The second kappa shape index (κ2) is 3.58. The molecule has 1 heterocycles. The van der Waals surface area contributed by atoms with Gasteiger partial charge in [0, 0.05) is 0 Å². The van der Waals surface area contributed by atoms with Gasteiger partial charge in [-0.1, -0.05) is 12.1 Å². The van der Waals surface area contributed by atoms with Crippen LogP contribution in [-0.4, -0.2) is 17.0 Å². The Hall–Kier alpha value is -2.50. The molecule has 0 saturated carbocycles. The van der Waals surface area contributed by atoms with Crippen LogP contribution in [0.25, 0.3) is 11.0 Å². The van der Waals surface area contributed by atoms with E-state index in [-0.39, 0.29) is 17.3 Å². The van der Waals surface area contributed by atoms with Gasteiger partial charge in [-0.05, 0) is 12.1 Å². The number of nitrogens with zero attached hydrogens (tertiary/aromatic N) is 1. The van der Waals surface area contributed by atoms with Crippen LogP contribution in [-0.2, 0) is 4.79 Å². The summed E-state index contributed by atoms with van der Waals surface area (Å²) in [7, 11) is 0. The number of nitro groups is 1. The van der Waals surface area contributed by atoms with Crippen molar-refractivity contribution in [3.63, 3.8) is 0 Å². The number of hydrogen-bond acceptors (Lipinski definition) is 5. The molecule has 80 valence electrons. The lowest BCUT2D eigenvalue weighted by atomic mass is 10.2. The van der Waals surface area contributed by atoms with E-state index in [0.717, 1.165) is 0 Å². The van der Waals surface area contributed by atoms with Crippen molar-refractivity contribution in [3.8, 4) is 0 Å². The molecule has 0 spiro atoms. The lowest BCUT2D eigenvalue weighted by molar-refractivity contribution is -0.383. The SMILES string of the molecule is O=CC(=O)c1oc2ccccc2c1[N+](=O)[O-]. The van der Waals surface area contributed by atoms with Crippen molar-refractivity contribution < 1.29 is 18.9 Å². The van der Waals surface area contributed by atoms with Gasteiger partial charge < -0.3 is 4.42 Å². The van der Waals surface area contributed by atoms with E-state index in [0.29, 0.717) is 0 Å². The van der Waals surface area contributed by atoms with Crippen molar-refractivity contribution >= 4 is 28.7 Å². The fourth-order valence-electron chi connectivity index (χ4n) is 1.43. The highest BCUT2D eigenvalue weighted by atomic mass is 16.6. The number of furan rings is 1. The Balaban J connectivity index is 2.83. The molecule has 0 radical (unpaired) electrons. The number of carbonyl (C=O) groups excluding carboxylic acids is 2. The van der Waals surface area contributed by atoms with Crippen LogP contribution < -0.4 is 0 Å². The van der Waals surface area contributed by atoms with Gasteiger partial charge in [-0.3, -0.25) is 19.7 Å². The van der Waals surface area contributed by atoms with Gasteiger partial charge in [-0.2, -0.15) is 0 Å². The predicted octanol–water partition coefficient (Wildman–Crippen LogP) is 1.72. The number of ketones is 1. The summed E-state index contributed by atoms with van der Waals surface area (Å²) in [6, 6.07) is 6.15. The van der Waals surface area contributed by atoms with Gasteiger partial charge in [0.15, 0.2) is 6.29 Å². The maximum absolute atomic E-state index is 11.1. The van der Waals surface area contributed by atoms with Gasteiger partial charge in [0.05, 0.1) is 10.3 Å². The summed E-state index contributed by atoms with van der Waals surface area (Å²) in [6.07, 6.45) is -0.00921. The Morgan fingerprint density at radius 3 is 2.69 bits per heavy atom. The number of hydrogen-bond donors (Lipinski definition) is 0. The number of para-hydroxylation sites is 1. The minimum Gasteiger partial charge on any atom is -0.445 e. The van der Waals surface area contributed by atoms with Crippen LogP contribution in [0.15, 0.2) is 28.7 Å². The zero-order valence-corrected chi connectivity index (χ0v) is 7.88. The molecule has 6 nitrogen and oxygen atoms in total. The molecule has 1 aromatic heterocycles. The maximum atomic E-state index is 11.1. The lowest BCUT2D eigenvalue weighted by Crippen LogP contribution is -2.01. The van der Waals surface area contributed by atoms with Crippen molar-refractivity contribution in [2.24, 2.45) is 0 Å². The van der Waals surface area contributed by atoms with Crippen LogP contribution in [0.2, 0.25) is 0 Å². The fraction of sp³-hybridized carbons (Fsp3) is 0. The molecule has 16 heavy (non-hydrogen) atoms. The molecule has 2 aromatic rings. The topological polar surface area (TPSA) is 90.4 Å². The minimum atomic E-state index is -1.04. The Bertz CT molecular complexity index is 598. The second-order valence-electron chi connectivity index (χ2n) is 3.02.